The second kappa shape index (κ2) is 56.7. The van der Waals surface area contributed by atoms with Gasteiger partial charge in [0.05, 0.1) is 0 Å². The number of carbonyl (C=O) groups excluding carboxylic acids is 3. The van der Waals surface area contributed by atoms with E-state index >= 15 is 0 Å². The molecule has 0 N–H and O–H groups in total. The number of hydrogen-bond donors (Lipinski definition) is 0. The maximum Gasteiger partial charge on any atom is 0.306 e. The largest absolute Gasteiger partial charge is 0.462 e. The molecule has 0 unspecified atom stereocenters. The molecule has 6 heteroatoms. The third-order valence-corrected chi connectivity index (χ3v) is 12.7. The quantitative estimate of drug-likeness (QED) is 0.0262. The highest BCUT2D eigenvalue weighted by atomic mass is 16.6. The second-order valence-corrected chi connectivity index (χ2v) is 19.6. The molecular formula is C62H110O6. The summed E-state index contributed by atoms with van der Waals surface area (Å²) in [4.78, 5) is 38.1. The normalized spacial score (nSPS) is 12.5. The van der Waals surface area contributed by atoms with E-state index < -0.39 is 6.10 Å². The number of esters is 3. The van der Waals surface area contributed by atoms with Gasteiger partial charge in [-0.15, -0.1) is 0 Å². The van der Waals surface area contributed by atoms with Crippen molar-refractivity contribution < 1.29 is 28.6 Å². The Balaban J connectivity index is 4.45. The number of ether oxygens (including phenoxy) is 3. The number of rotatable bonds is 53. The topological polar surface area (TPSA) is 78.9 Å². The van der Waals surface area contributed by atoms with Crippen molar-refractivity contribution >= 4 is 17.9 Å². The van der Waals surface area contributed by atoms with Crippen molar-refractivity contribution in [1.82, 2.24) is 0 Å². The monoisotopic (exact) mass is 951 g/mol. The van der Waals surface area contributed by atoms with Crippen molar-refractivity contribution in [2.45, 2.75) is 303 Å². The highest BCUT2D eigenvalue weighted by Crippen LogP contribution is 2.16. The summed E-state index contributed by atoms with van der Waals surface area (Å²) in [6, 6.07) is 0. The van der Waals surface area contributed by atoms with E-state index in [0.717, 1.165) is 70.6 Å². The Morgan fingerprint density at radius 3 is 0.926 bits per heavy atom. The first-order valence-corrected chi connectivity index (χ1v) is 29.3. The minimum absolute atomic E-state index is 0.0929. The van der Waals surface area contributed by atoms with Gasteiger partial charge >= 0.3 is 17.9 Å². The lowest BCUT2D eigenvalue weighted by Crippen LogP contribution is -2.30. The van der Waals surface area contributed by atoms with Crippen LogP contribution >= 0.6 is 0 Å². The number of unbranched alkanes of at least 4 members (excludes halogenated alkanes) is 32. The molecule has 0 fully saturated rings. The van der Waals surface area contributed by atoms with Crippen LogP contribution in [0.1, 0.15) is 297 Å². The lowest BCUT2D eigenvalue weighted by molar-refractivity contribution is -0.167. The maximum absolute atomic E-state index is 12.9. The smallest absolute Gasteiger partial charge is 0.306 e. The molecule has 394 valence electrons. The standard InChI is InChI=1S/C62H110O6/c1-4-7-10-13-16-19-22-25-28-31-34-37-40-43-46-49-52-55-61(64)67-58-59(57-66-60(63)54-51-48-45-42-39-36-33-30-27-24-21-18-15-12-9-6-3)68-62(65)56-53-50-47-44-41-38-35-32-29-26-23-20-17-14-11-8-5-2/h16,19,25,28,30,33-34,37,43,46,59H,4-15,17-18,20-24,26-27,29,31-32,35-36,38-42,44-45,47-58H2,1-3H3/b19-16-,28-25-,33-30-,37-34-,46-43-/t59-/m1/s1. The van der Waals surface area contributed by atoms with Crippen LogP contribution in [0.4, 0.5) is 0 Å². The molecule has 6 nitrogen and oxygen atoms in total. The van der Waals surface area contributed by atoms with E-state index in [9.17, 15) is 14.4 Å². The number of hydrogen-bond acceptors (Lipinski definition) is 6. The predicted octanol–water partition coefficient (Wildman–Crippen LogP) is 19.6. The van der Waals surface area contributed by atoms with E-state index in [-0.39, 0.29) is 37.5 Å². The fourth-order valence-electron chi connectivity index (χ4n) is 8.31. The summed E-state index contributed by atoms with van der Waals surface area (Å²) in [5, 5.41) is 0. The van der Waals surface area contributed by atoms with Gasteiger partial charge in [-0.1, -0.05) is 255 Å². The van der Waals surface area contributed by atoms with Gasteiger partial charge in [-0.25, -0.2) is 0 Å². The van der Waals surface area contributed by atoms with E-state index in [1.54, 1.807) is 0 Å². The molecule has 0 aromatic heterocycles. The second-order valence-electron chi connectivity index (χ2n) is 19.6. The molecule has 0 aromatic rings. The van der Waals surface area contributed by atoms with Crippen molar-refractivity contribution in [3.63, 3.8) is 0 Å². The van der Waals surface area contributed by atoms with Crippen LogP contribution in [0.2, 0.25) is 0 Å². The average molecular weight is 952 g/mol. The van der Waals surface area contributed by atoms with E-state index in [1.165, 1.54) is 180 Å². The zero-order valence-corrected chi connectivity index (χ0v) is 45.1. The molecule has 0 aromatic carbocycles. The summed E-state index contributed by atoms with van der Waals surface area (Å²) in [6.45, 7) is 6.59. The van der Waals surface area contributed by atoms with Crippen LogP contribution in [0.15, 0.2) is 60.8 Å². The molecular weight excluding hydrogens is 841 g/mol. The van der Waals surface area contributed by atoms with Crippen LogP contribution < -0.4 is 0 Å². The van der Waals surface area contributed by atoms with E-state index in [4.69, 9.17) is 14.2 Å². The van der Waals surface area contributed by atoms with Gasteiger partial charge in [0.15, 0.2) is 6.10 Å². The van der Waals surface area contributed by atoms with Gasteiger partial charge in [0.1, 0.15) is 13.2 Å². The van der Waals surface area contributed by atoms with Gasteiger partial charge in [-0.2, -0.15) is 0 Å². The molecule has 0 radical (unpaired) electrons. The van der Waals surface area contributed by atoms with Gasteiger partial charge < -0.3 is 14.2 Å². The lowest BCUT2D eigenvalue weighted by atomic mass is 10.0. The minimum Gasteiger partial charge on any atom is -0.462 e. The molecule has 0 rings (SSSR count). The summed E-state index contributed by atoms with van der Waals surface area (Å²) in [5.74, 6) is -0.945. The summed E-state index contributed by atoms with van der Waals surface area (Å²) in [6.07, 6.45) is 70.7. The van der Waals surface area contributed by atoms with E-state index in [2.05, 4.69) is 81.5 Å². The maximum atomic E-state index is 12.9. The average Bonchev–Trinajstić information content (AvgIpc) is 3.34. The van der Waals surface area contributed by atoms with Crippen LogP contribution in [0, 0.1) is 0 Å². The lowest BCUT2D eigenvalue weighted by Gasteiger charge is -2.18. The first-order valence-electron chi connectivity index (χ1n) is 29.3. The van der Waals surface area contributed by atoms with E-state index in [1.807, 2.05) is 0 Å². The molecule has 68 heavy (non-hydrogen) atoms. The third-order valence-electron chi connectivity index (χ3n) is 12.7. The fourth-order valence-corrected chi connectivity index (χ4v) is 8.31. The Kier molecular flexibility index (Phi) is 54.3. The van der Waals surface area contributed by atoms with Gasteiger partial charge in [-0.05, 0) is 83.5 Å². The van der Waals surface area contributed by atoms with Crippen molar-refractivity contribution in [1.29, 1.82) is 0 Å². The molecule has 0 spiro atoms. The molecule has 0 aliphatic heterocycles. The van der Waals surface area contributed by atoms with Crippen LogP contribution in [0.25, 0.3) is 0 Å². The highest BCUT2D eigenvalue weighted by Gasteiger charge is 2.19. The fraction of sp³-hybridized carbons (Fsp3) is 0.790. The van der Waals surface area contributed by atoms with Gasteiger partial charge in [0.25, 0.3) is 0 Å². The summed E-state index contributed by atoms with van der Waals surface area (Å²) in [7, 11) is 0. The Morgan fingerprint density at radius 2 is 0.544 bits per heavy atom. The van der Waals surface area contributed by atoms with Crippen molar-refractivity contribution in [2.24, 2.45) is 0 Å². The molecule has 0 amide bonds. The molecule has 0 saturated carbocycles. The zero-order valence-electron chi connectivity index (χ0n) is 45.1. The van der Waals surface area contributed by atoms with Crippen molar-refractivity contribution in [2.75, 3.05) is 13.2 Å². The van der Waals surface area contributed by atoms with Gasteiger partial charge in [0.2, 0.25) is 0 Å². The summed E-state index contributed by atoms with van der Waals surface area (Å²) >= 11 is 0. The van der Waals surface area contributed by atoms with Crippen LogP contribution in [-0.4, -0.2) is 37.2 Å². The minimum atomic E-state index is -0.798. The van der Waals surface area contributed by atoms with Crippen LogP contribution in [0.3, 0.4) is 0 Å². The van der Waals surface area contributed by atoms with Gasteiger partial charge in [0, 0.05) is 19.3 Å². The van der Waals surface area contributed by atoms with E-state index in [0.29, 0.717) is 19.3 Å². The Morgan fingerprint density at radius 1 is 0.294 bits per heavy atom. The number of allylic oxidation sites excluding steroid dienone is 10. The Bertz CT molecular complexity index is 1230. The summed E-state index contributed by atoms with van der Waals surface area (Å²) < 4.78 is 16.8. The first kappa shape index (κ1) is 65.1. The highest BCUT2D eigenvalue weighted by molar-refractivity contribution is 5.71. The van der Waals surface area contributed by atoms with Crippen LogP contribution in [0.5, 0.6) is 0 Å². The van der Waals surface area contributed by atoms with Gasteiger partial charge in [-0.3, -0.25) is 14.4 Å². The molecule has 0 saturated heterocycles. The van der Waals surface area contributed by atoms with Crippen molar-refractivity contribution in [3.05, 3.63) is 60.8 Å². The van der Waals surface area contributed by atoms with Crippen molar-refractivity contribution in [3.8, 4) is 0 Å². The molecule has 1 atom stereocenters. The SMILES string of the molecule is CCCCC/C=C\C/C=C\C/C=C\C/C=C\CCCC(=O)OC[C@@H](COC(=O)CCCCCCC/C=C\CCCCCCCCC)OC(=O)CCCCCCCCCCCCCCCCCCC. The summed E-state index contributed by atoms with van der Waals surface area (Å²) in [5.41, 5.74) is 0. The predicted molar refractivity (Wildman–Crippen MR) is 293 cm³/mol. The molecule has 0 heterocycles. The molecule has 0 bridgehead atoms. The van der Waals surface area contributed by atoms with Crippen LogP contribution in [-0.2, 0) is 28.6 Å². The third kappa shape index (κ3) is 54.1. The zero-order chi connectivity index (χ0) is 49.3. The molecule has 0 aliphatic carbocycles. The Hall–Kier alpha value is -2.89. The number of carbonyl (C=O) groups is 3. The Labute approximate surface area is 421 Å². The molecule has 0 aliphatic rings. The first-order chi connectivity index (χ1) is 33.5.